The molecule has 0 saturated carbocycles. The molecule has 5 amide bonds. The topological polar surface area (TPSA) is 165 Å². The van der Waals surface area contributed by atoms with E-state index in [1.54, 1.807) is 39.9 Å². The number of carbonyl (C=O) groups excluding carboxylic acids is 5. The van der Waals surface area contributed by atoms with Crippen molar-refractivity contribution in [3.8, 4) is 11.4 Å². The van der Waals surface area contributed by atoms with Crippen molar-refractivity contribution in [3.05, 3.63) is 102 Å². The number of hydrogen-bond acceptors (Lipinski definition) is 11. The van der Waals surface area contributed by atoms with Crippen molar-refractivity contribution in [3.63, 3.8) is 0 Å². The van der Waals surface area contributed by atoms with E-state index in [-0.39, 0.29) is 48.3 Å². The Morgan fingerprint density at radius 2 is 1.68 bits per heavy atom. The number of piperidine rings is 1. The van der Waals surface area contributed by atoms with E-state index in [2.05, 4.69) is 25.4 Å². The molecule has 15 nitrogen and oxygen atoms in total. The summed E-state index contributed by atoms with van der Waals surface area (Å²) in [7, 11) is 0. The van der Waals surface area contributed by atoms with Gasteiger partial charge in [0, 0.05) is 44.8 Å². The number of amides is 5. The molecule has 0 spiro atoms. The molecule has 2 atom stereocenters. The molecule has 9 rings (SSSR count). The van der Waals surface area contributed by atoms with Crippen molar-refractivity contribution in [2.45, 2.75) is 37.8 Å². The zero-order valence-electron chi connectivity index (χ0n) is 30.2. The normalized spacial score (nSPS) is 19.9. The standard InChI is InChI=1S/C40H37FN10O5/c41-25-6-1-5-24(21-25)29-10-4-16-49(29)34-14-13-32-43-22-31(51(32)46-34)27-8-3-11-33(44-27)47-17-19-48(20-18-47)36(53)23-42-28-9-2-7-26-37(28)40(56)50(39(26)55)30-12-15-35(52)45-38(30)54/h1-3,5-9,11,13-14,21-22,29-30,42H,4,10,12,15-20,23H2,(H,45,52,54)/t29-,30?/m1/s1. The number of aromatic nitrogens is 4. The molecule has 0 radical (unpaired) electrons. The fourth-order valence-corrected chi connectivity index (χ4v) is 8.16. The van der Waals surface area contributed by atoms with Crippen molar-refractivity contribution < 1.29 is 28.4 Å². The maximum absolute atomic E-state index is 14.1. The van der Waals surface area contributed by atoms with Crippen molar-refractivity contribution >= 4 is 52.5 Å². The smallest absolute Gasteiger partial charge is 0.264 e. The fourth-order valence-electron chi connectivity index (χ4n) is 8.16. The van der Waals surface area contributed by atoms with Gasteiger partial charge in [-0.05, 0) is 73.4 Å². The molecule has 5 aromatic rings. The predicted octanol–water partition coefficient (Wildman–Crippen LogP) is 3.43. The average Bonchev–Trinajstić information content (AvgIpc) is 3.94. The van der Waals surface area contributed by atoms with Crippen LogP contribution in [0.15, 0.2) is 79.0 Å². The summed E-state index contributed by atoms with van der Waals surface area (Å²) < 4.78 is 15.9. The van der Waals surface area contributed by atoms with Gasteiger partial charge in [0.1, 0.15) is 29.2 Å². The highest BCUT2D eigenvalue weighted by Gasteiger charge is 2.45. The highest BCUT2D eigenvalue weighted by molar-refractivity contribution is 6.25. The molecular formula is C40H37FN10O5. The average molecular weight is 757 g/mol. The quantitative estimate of drug-likeness (QED) is 0.223. The highest BCUT2D eigenvalue weighted by atomic mass is 19.1. The summed E-state index contributed by atoms with van der Waals surface area (Å²) in [5, 5.41) is 10.2. The number of carbonyl (C=O) groups is 5. The van der Waals surface area contributed by atoms with Gasteiger partial charge in [-0.2, -0.15) is 0 Å². The van der Waals surface area contributed by atoms with Gasteiger partial charge in [0.2, 0.25) is 17.7 Å². The number of pyridine rings is 1. The first-order valence-corrected chi connectivity index (χ1v) is 18.7. The van der Waals surface area contributed by atoms with Gasteiger partial charge in [0.05, 0.1) is 35.6 Å². The van der Waals surface area contributed by atoms with Gasteiger partial charge in [0.15, 0.2) is 5.65 Å². The van der Waals surface area contributed by atoms with Crippen LogP contribution in [-0.4, -0.2) is 104 Å². The van der Waals surface area contributed by atoms with Crippen LogP contribution in [0.25, 0.3) is 17.0 Å². The number of halogens is 1. The summed E-state index contributed by atoms with van der Waals surface area (Å²) in [6.07, 6.45) is 3.72. The molecule has 3 aromatic heterocycles. The SMILES string of the molecule is O=C1CCC(N2C(=O)c3cccc(NCC(=O)N4CCN(c5cccc(-c6cnc7ccc(N8CCC[C@@H]8c8cccc(F)c8)nn67)n5)CC4)c3C2=O)C(=O)N1. The van der Waals surface area contributed by atoms with Gasteiger partial charge in [-0.3, -0.25) is 34.2 Å². The van der Waals surface area contributed by atoms with Crippen LogP contribution in [0.3, 0.4) is 0 Å². The molecule has 2 N–H and O–H groups in total. The van der Waals surface area contributed by atoms with Gasteiger partial charge in [-0.1, -0.05) is 24.3 Å². The van der Waals surface area contributed by atoms with Crippen LogP contribution in [0.5, 0.6) is 0 Å². The van der Waals surface area contributed by atoms with Crippen LogP contribution in [0.2, 0.25) is 0 Å². The molecule has 4 aliphatic rings. The lowest BCUT2D eigenvalue weighted by Gasteiger charge is -2.35. The Bertz CT molecular complexity index is 2430. The monoisotopic (exact) mass is 756 g/mol. The van der Waals surface area contributed by atoms with Crippen molar-refractivity contribution in [2.24, 2.45) is 0 Å². The van der Waals surface area contributed by atoms with Crippen LogP contribution < -0.4 is 20.4 Å². The van der Waals surface area contributed by atoms with Gasteiger partial charge in [-0.15, -0.1) is 5.10 Å². The molecule has 3 saturated heterocycles. The van der Waals surface area contributed by atoms with Gasteiger partial charge in [-0.25, -0.2) is 18.9 Å². The summed E-state index contributed by atoms with van der Waals surface area (Å²) in [5.74, 6) is -1.26. The molecule has 3 fully saturated rings. The highest BCUT2D eigenvalue weighted by Crippen LogP contribution is 2.36. The van der Waals surface area contributed by atoms with Gasteiger partial charge in [0.25, 0.3) is 11.8 Å². The summed E-state index contributed by atoms with van der Waals surface area (Å²) >= 11 is 0. The first kappa shape index (κ1) is 35.0. The van der Waals surface area contributed by atoms with E-state index in [0.717, 1.165) is 47.2 Å². The van der Waals surface area contributed by atoms with Gasteiger partial charge >= 0.3 is 0 Å². The number of fused-ring (bicyclic) bond motifs is 2. The summed E-state index contributed by atoms with van der Waals surface area (Å²) in [6.45, 7) is 2.69. The predicted molar refractivity (Wildman–Crippen MR) is 202 cm³/mol. The Balaban J connectivity index is 0.849. The Kier molecular flexibility index (Phi) is 8.86. The van der Waals surface area contributed by atoms with E-state index < -0.39 is 29.7 Å². The molecule has 1 unspecified atom stereocenters. The molecule has 7 heterocycles. The third kappa shape index (κ3) is 6.25. The Labute approximate surface area is 320 Å². The van der Waals surface area contributed by atoms with E-state index in [4.69, 9.17) is 10.1 Å². The molecule has 2 aromatic carbocycles. The Hall–Kier alpha value is -6.71. The number of nitrogens with one attached hydrogen (secondary N) is 2. The third-order valence-electron chi connectivity index (χ3n) is 11.0. The van der Waals surface area contributed by atoms with Crippen LogP contribution in [0.1, 0.15) is 58.0 Å². The zero-order chi connectivity index (χ0) is 38.5. The Morgan fingerprint density at radius 1 is 0.857 bits per heavy atom. The second-order valence-electron chi connectivity index (χ2n) is 14.3. The van der Waals surface area contributed by atoms with Crippen molar-refractivity contribution in [1.82, 2.24) is 34.7 Å². The molecule has 56 heavy (non-hydrogen) atoms. The van der Waals surface area contributed by atoms with E-state index in [0.29, 0.717) is 43.2 Å². The number of imide groups is 2. The van der Waals surface area contributed by atoms with Gasteiger partial charge < -0.3 is 20.0 Å². The van der Waals surface area contributed by atoms with E-state index in [9.17, 15) is 28.4 Å². The minimum atomic E-state index is -1.08. The molecule has 4 aliphatic heterocycles. The van der Waals surface area contributed by atoms with E-state index in [1.165, 1.54) is 12.1 Å². The summed E-state index contributed by atoms with van der Waals surface area (Å²) in [6, 6.07) is 20.1. The maximum Gasteiger partial charge on any atom is 0.264 e. The lowest BCUT2D eigenvalue weighted by molar-refractivity contribution is -0.136. The van der Waals surface area contributed by atoms with Crippen LogP contribution in [0, 0.1) is 5.82 Å². The van der Waals surface area contributed by atoms with E-state index >= 15 is 0 Å². The number of nitrogens with zero attached hydrogens (tertiary/aromatic N) is 8. The number of anilines is 3. The second kappa shape index (κ2) is 14.2. The lowest BCUT2D eigenvalue weighted by Crippen LogP contribution is -2.54. The second-order valence-corrected chi connectivity index (χ2v) is 14.3. The van der Waals surface area contributed by atoms with Crippen molar-refractivity contribution in [1.29, 1.82) is 0 Å². The Morgan fingerprint density at radius 3 is 2.50 bits per heavy atom. The minimum Gasteiger partial charge on any atom is -0.375 e. The van der Waals surface area contributed by atoms with Crippen LogP contribution in [-0.2, 0) is 14.4 Å². The maximum atomic E-state index is 14.1. The first-order chi connectivity index (χ1) is 27.2. The molecule has 16 heteroatoms. The largest absolute Gasteiger partial charge is 0.375 e. The van der Waals surface area contributed by atoms with Crippen LogP contribution >= 0.6 is 0 Å². The fraction of sp³-hybridized carbons (Fsp3) is 0.300. The molecule has 284 valence electrons. The number of imidazole rings is 1. The number of benzene rings is 2. The minimum absolute atomic E-state index is 0.0251. The number of piperazine rings is 1. The van der Waals surface area contributed by atoms with Crippen LogP contribution in [0.4, 0.5) is 21.7 Å². The number of rotatable bonds is 8. The molecule has 0 bridgehead atoms. The summed E-state index contributed by atoms with van der Waals surface area (Å²) in [4.78, 5) is 80.7. The lowest BCUT2D eigenvalue weighted by atomic mass is 10.0. The van der Waals surface area contributed by atoms with Crippen molar-refractivity contribution in [2.75, 3.05) is 54.4 Å². The first-order valence-electron chi connectivity index (χ1n) is 18.7. The third-order valence-corrected chi connectivity index (χ3v) is 11.0. The zero-order valence-corrected chi connectivity index (χ0v) is 30.2. The van der Waals surface area contributed by atoms with E-state index in [1.807, 2.05) is 36.4 Å². The molecule has 0 aliphatic carbocycles. The molecular weight excluding hydrogens is 720 g/mol. The number of hydrogen-bond donors (Lipinski definition) is 2. The summed E-state index contributed by atoms with van der Waals surface area (Å²) in [5.41, 5.74) is 3.61.